The zero-order valence-electron chi connectivity index (χ0n) is 11.3. The molecule has 5 heteroatoms. The van der Waals surface area contributed by atoms with Crippen molar-refractivity contribution in [2.24, 2.45) is 5.73 Å². The van der Waals surface area contributed by atoms with Crippen LogP contribution in [0.15, 0.2) is 28.8 Å². The first kappa shape index (κ1) is 13.5. The number of ether oxygens (including phenoxy) is 1. The van der Waals surface area contributed by atoms with E-state index in [9.17, 15) is 0 Å². The molecule has 5 nitrogen and oxygen atoms in total. The van der Waals surface area contributed by atoms with E-state index in [1.165, 1.54) is 0 Å². The van der Waals surface area contributed by atoms with Gasteiger partial charge in [0.25, 0.3) is 5.89 Å². The molecule has 1 aromatic carbocycles. The van der Waals surface area contributed by atoms with Crippen molar-refractivity contribution in [3.05, 3.63) is 41.5 Å². The maximum Gasteiger partial charge on any atom is 0.264 e. The third-order valence-electron chi connectivity index (χ3n) is 2.94. The number of aryl methyl sites for hydroxylation is 1. The third-order valence-corrected chi connectivity index (χ3v) is 2.94. The zero-order chi connectivity index (χ0) is 13.7. The number of benzene rings is 1. The lowest BCUT2D eigenvalue weighted by Crippen LogP contribution is -2.10. The Labute approximate surface area is 112 Å². The first-order valence-electron chi connectivity index (χ1n) is 6.53. The molecule has 1 heterocycles. The molecule has 0 aliphatic rings. The van der Waals surface area contributed by atoms with E-state index in [4.69, 9.17) is 15.0 Å². The van der Waals surface area contributed by atoms with Crippen LogP contribution in [0.3, 0.4) is 0 Å². The molecule has 102 valence electrons. The van der Waals surface area contributed by atoms with Crippen LogP contribution in [0.1, 0.15) is 43.6 Å². The summed E-state index contributed by atoms with van der Waals surface area (Å²) in [7, 11) is 0. The van der Waals surface area contributed by atoms with Crippen LogP contribution >= 0.6 is 0 Å². The van der Waals surface area contributed by atoms with Crippen LogP contribution in [0.5, 0.6) is 5.75 Å². The van der Waals surface area contributed by atoms with Crippen LogP contribution in [-0.2, 0) is 13.0 Å². The van der Waals surface area contributed by atoms with Crippen molar-refractivity contribution >= 4 is 0 Å². The molecule has 19 heavy (non-hydrogen) atoms. The summed E-state index contributed by atoms with van der Waals surface area (Å²) < 4.78 is 10.8. The molecule has 0 fully saturated rings. The molecule has 2 aromatic rings. The standard InChI is InChI=1S/C14H19N3O2/c1-3-11(15)10-7-5-6-8-12(10)18-9-14-16-13(4-2)17-19-14/h5-8,11H,3-4,9,15H2,1-2H3. The van der Waals surface area contributed by atoms with Gasteiger partial charge in [0.05, 0.1) is 0 Å². The Morgan fingerprint density at radius 1 is 1.32 bits per heavy atom. The van der Waals surface area contributed by atoms with Gasteiger partial charge in [-0.25, -0.2) is 0 Å². The van der Waals surface area contributed by atoms with Crippen LogP contribution in [0.25, 0.3) is 0 Å². The highest BCUT2D eigenvalue weighted by Crippen LogP contribution is 2.25. The van der Waals surface area contributed by atoms with E-state index in [0.29, 0.717) is 11.7 Å². The van der Waals surface area contributed by atoms with Gasteiger partial charge in [-0.05, 0) is 12.5 Å². The quantitative estimate of drug-likeness (QED) is 0.865. The summed E-state index contributed by atoms with van der Waals surface area (Å²) in [5, 5.41) is 3.83. The van der Waals surface area contributed by atoms with Crippen molar-refractivity contribution in [3.8, 4) is 5.75 Å². The highest BCUT2D eigenvalue weighted by Gasteiger charge is 2.11. The largest absolute Gasteiger partial charge is 0.483 e. The van der Waals surface area contributed by atoms with Crippen molar-refractivity contribution in [2.45, 2.75) is 39.3 Å². The Bertz CT molecular complexity index is 525. The summed E-state index contributed by atoms with van der Waals surface area (Å²) in [5.74, 6) is 1.95. The Kier molecular flexibility index (Phi) is 4.52. The molecule has 0 aliphatic carbocycles. The van der Waals surface area contributed by atoms with E-state index >= 15 is 0 Å². The Hall–Kier alpha value is -1.88. The van der Waals surface area contributed by atoms with Gasteiger partial charge in [-0.15, -0.1) is 0 Å². The lowest BCUT2D eigenvalue weighted by Gasteiger charge is -2.14. The van der Waals surface area contributed by atoms with E-state index < -0.39 is 0 Å². The van der Waals surface area contributed by atoms with Crippen LogP contribution in [0.2, 0.25) is 0 Å². The van der Waals surface area contributed by atoms with Gasteiger partial charge in [0.1, 0.15) is 5.75 Å². The highest BCUT2D eigenvalue weighted by molar-refractivity contribution is 5.35. The number of hydrogen-bond acceptors (Lipinski definition) is 5. The molecular formula is C14H19N3O2. The van der Waals surface area contributed by atoms with Crippen LogP contribution < -0.4 is 10.5 Å². The molecule has 1 aromatic heterocycles. The second-order valence-corrected chi connectivity index (χ2v) is 4.30. The smallest absolute Gasteiger partial charge is 0.264 e. The average Bonchev–Trinajstić information content (AvgIpc) is 2.92. The Balaban J connectivity index is 2.06. The first-order valence-corrected chi connectivity index (χ1v) is 6.53. The minimum absolute atomic E-state index is 0.0231. The summed E-state index contributed by atoms with van der Waals surface area (Å²) in [4.78, 5) is 4.20. The summed E-state index contributed by atoms with van der Waals surface area (Å²) in [6.45, 7) is 4.29. The van der Waals surface area contributed by atoms with Crippen molar-refractivity contribution in [1.29, 1.82) is 0 Å². The van der Waals surface area contributed by atoms with Gasteiger partial charge in [0.15, 0.2) is 12.4 Å². The van der Waals surface area contributed by atoms with Gasteiger partial charge < -0.3 is 15.0 Å². The normalized spacial score (nSPS) is 12.4. The second kappa shape index (κ2) is 6.33. The second-order valence-electron chi connectivity index (χ2n) is 4.30. The van der Waals surface area contributed by atoms with Crippen molar-refractivity contribution in [3.63, 3.8) is 0 Å². The molecule has 0 spiro atoms. The Morgan fingerprint density at radius 2 is 2.11 bits per heavy atom. The molecule has 0 saturated heterocycles. The van der Waals surface area contributed by atoms with E-state index in [1.807, 2.05) is 38.1 Å². The summed E-state index contributed by atoms with van der Waals surface area (Å²) in [5.41, 5.74) is 7.06. The lowest BCUT2D eigenvalue weighted by atomic mass is 10.0. The average molecular weight is 261 g/mol. The molecular weight excluding hydrogens is 242 g/mol. The van der Waals surface area contributed by atoms with E-state index in [2.05, 4.69) is 10.1 Å². The molecule has 1 unspecified atom stereocenters. The molecule has 0 bridgehead atoms. The maximum absolute atomic E-state index is 6.06. The van der Waals surface area contributed by atoms with Crippen LogP contribution in [0, 0.1) is 0 Å². The topological polar surface area (TPSA) is 74.2 Å². The number of hydrogen-bond donors (Lipinski definition) is 1. The van der Waals surface area contributed by atoms with E-state index in [-0.39, 0.29) is 12.6 Å². The summed E-state index contributed by atoms with van der Waals surface area (Å²) >= 11 is 0. The van der Waals surface area contributed by atoms with Crippen molar-refractivity contribution in [1.82, 2.24) is 10.1 Å². The van der Waals surface area contributed by atoms with Crippen molar-refractivity contribution in [2.75, 3.05) is 0 Å². The molecule has 0 radical (unpaired) electrons. The number of aromatic nitrogens is 2. The SMILES string of the molecule is CCc1noc(COc2ccccc2C(N)CC)n1. The molecule has 0 saturated carbocycles. The van der Waals surface area contributed by atoms with Crippen LogP contribution in [-0.4, -0.2) is 10.1 Å². The minimum Gasteiger partial charge on any atom is -0.483 e. The van der Waals surface area contributed by atoms with E-state index in [0.717, 1.165) is 24.2 Å². The number of rotatable bonds is 6. The number of nitrogens with zero attached hydrogens (tertiary/aromatic N) is 2. The molecule has 2 N–H and O–H groups in total. The fraction of sp³-hybridized carbons (Fsp3) is 0.429. The van der Waals surface area contributed by atoms with Gasteiger partial charge in [-0.3, -0.25) is 0 Å². The molecule has 1 atom stereocenters. The monoisotopic (exact) mass is 261 g/mol. The summed E-state index contributed by atoms with van der Waals surface area (Å²) in [6.07, 6.45) is 1.61. The fourth-order valence-corrected chi connectivity index (χ4v) is 1.77. The number of para-hydroxylation sites is 1. The van der Waals surface area contributed by atoms with Gasteiger partial charge in [-0.2, -0.15) is 4.98 Å². The Morgan fingerprint density at radius 3 is 2.79 bits per heavy atom. The molecule has 2 rings (SSSR count). The van der Waals surface area contributed by atoms with Gasteiger partial charge in [-0.1, -0.05) is 37.2 Å². The van der Waals surface area contributed by atoms with Crippen LogP contribution in [0.4, 0.5) is 0 Å². The summed E-state index contributed by atoms with van der Waals surface area (Å²) in [6, 6.07) is 7.74. The zero-order valence-corrected chi connectivity index (χ0v) is 11.3. The predicted octanol–water partition coefficient (Wildman–Crippen LogP) is 2.62. The maximum atomic E-state index is 6.06. The predicted molar refractivity (Wildman–Crippen MR) is 71.7 cm³/mol. The highest BCUT2D eigenvalue weighted by atomic mass is 16.5. The van der Waals surface area contributed by atoms with Crippen molar-refractivity contribution < 1.29 is 9.26 Å². The van der Waals surface area contributed by atoms with Gasteiger partial charge in [0, 0.05) is 18.0 Å². The fourth-order valence-electron chi connectivity index (χ4n) is 1.77. The molecule has 0 aliphatic heterocycles. The first-order chi connectivity index (χ1) is 9.24. The third kappa shape index (κ3) is 3.32. The van der Waals surface area contributed by atoms with Gasteiger partial charge >= 0.3 is 0 Å². The lowest BCUT2D eigenvalue weighted by molar-refractivity contribution is 0.239. The minimum atomic E-state index is -0.0231. The molecule has 0 amide bonds. The number of nitrogens with two attached hydrogens (primary N) is 1. The van der Waals surface area contributed by atoms with E-state index in [1.54, 1.807) is 0 Å². The van der Waals surface area contributed by atoms with Gasteiger partial charge in [0.2, 0.25) is 0 Å².